The van der Waals surface area contributed by atoms with E-state index in [4.69, 9.17) is 0 Å². The number of halogens is 1. The van der Waals surface area contributed by atoms with Crippen LogP contribution in [0.5, 0.6) is 0 Å². The van der Waals surface area contributed by atoms with Crippen molar-refractivity contribution in [2.75, 3.05) is 0 Å². The minimum Gasteiger partial charge on any atom is -0.288 e. The van der Waals surface area contributed by atoms with E-state index >= 15 is 0 Å². The molecule has 0 N–H and O–H groups in total. The lowest BCUT2D eigenvalue weighted by atomic mass is 10.0. The van der Waals surface area contributed by atoms with Gasteiger partial charge in [-0.05, 0) is 42.0 Å². The molecule has 0 aliphatic carbocycles. The Morgan fingerprint density at radius 2 is 1.74 bits per heavy atom. The molecule has 0 aliphatic rings. The Hall–Kier alpha value is -1.45. The van der Waals surface area contributed by atoms with Gasteiger partial charge >= 0.3 is 0 Å². The van der Waals surface area contributed by atoms with Crippen LogP contribution in [-0.2, 0) is 0 Å². The summed E-state index contributed by atoms with van der Waals surface area (Å²) in [7, 11) is 0. The average molecular weight is 331 g/mol. The summed E-state index contributed by atoms with van der Waals surface area (Å²) in [6.45, 7) is 2.02. The second-order valence-corrected chi connectivity index (χ2v) is 6.52. The van der Waals surface area contributed by atoms with E-state index in [1.54, 1.807) is 11.3 Å². The zero-order chi connectivity index (χ0) is 13.4. The van der Waals surface area contributed by atoms with Crippen LogP contribution in [0.1, 0.15) is 20.1 Å². The molecule has 0 bridgehead atoms. The molecule has 1 heterocycles. The van der Waals surface area contributed by atoms with Crippen molar-refractivity contribution in [3.8, 4) is 0 Å². The molecule has 0 spiro atoms. The number of rotatable bonds is 2. The average Bonchev–Trinajstić information content (AvgIpc) is 2.86. The van der Waals surface area contributed by atoms with E-state index in [-0.39, 0.29) is 5.78 Å². The number of thiophene rings is 1. The molecule has 3 aromatic rings. The second kappa shape index (κ2) is 4.91. The van der Waals surface area contributed by atoms with Gasteiger partial charge in [-0.1, -0.05) is 40.2 Å². The Morgan fingerprint density at radius 1 is 1.00 bits per heavy atom. The predicted molar refractivity (Wildman–Crippen MR) is 84.1 cm³/mol. The van der Waals surface area contributed by atoms with Crippen molar-refractivity contribution in [1.82, 2.24) is 0 Å². The molecule has 94 valence electrons. The lowest BCUT2D eigenvalue weighted by molar-refractivity contribution is 0.104. The van der Waals surface area contributed by atoms with E-state index in [1.807, 2.05) is 55.5 Å². The van der Waals surface area contributed by atoms with Gasteiger partial charge in [0.1, 0.15) is 0 Å². The SMILES string of the molecule is Cc1ccc(C(=O)c2ccc(Br)c3ccccc23)s1. The molecule has 0 unspecified atom stereocenters. The summed E-state index contributed by atoms with van der Waals surface area (Å²) in [6.07, 6.45) is 0. The minimum absolute atomic E-state index is 0.0989. The van der Waals surface area contributed by atoms with E-state index < -0.39 is 0 Å². The van der Waals surface area contributed by atoms with Crippen molar-refractivity contribution in [1.29, 1.82) is 0 Å². The molecule has 0 saturated heterocycles. The molecule has 0 radical (unpaired) electrons. The molecule has 0 aliphatic heterocycles. The maximum atomic E-state index is 12.6. The van der Waals surface area contributed by atoms with Crippen LogP contribution in [0, 0.1) is 6.92 Å². The third-order valence-electron chi connectivity index (χ3n) is 3.08. The fourth-order valence-electron chi connectivity index (χ4n) is 2.15. The van der Waals surface area contributed by atoms with Crippen molar-refractivity contribution < 1.29 is 4.79 Å². The van der Waals surface area contributed by atoms with Crippen LogP contribution in [0.3, 0.4) is 0 Å². The van der Waals surface area contributed by atoms with E-state index in [0.717, 1.165) is 30.6 Å². The van der Waals surface area contributed by atoms with Gasteiger partial charge in [0.25, 0.3) is 0 Å². The number of ketones is 1. The summed E-state index contributed by atoms with van der Waals surface area (Å²) < 4.78 is 1.02. The van der Waals surface area contributed by atoms with E-state index in [9.17, 15) is 4.79 Å². The first-order chi connectivity index (χ1) is 9.16. The van der Waals surface area contributed by atoms with Gasteiger partial charge in [0.15, 0.2) is 0 Å². The highest BCUT2D eigenvalue weighted by molar-refractivity contribution is 9.10. The van der Waals surface area contributed by atoms with Gasteiger partial charge < -0.3 is 0 Å². The first kappa shape index (κ1) is 12.6. The highest BCUT2D eigenvalue weighted by atomic mass is 79.9. The molecule has 0 saturated carbocycles. The highest BCUT2D eigenvalue weighted by Crippen LogP contribution is 2.29. The third kappa shape index (κ3) is 2.24. The third-order valence-corrected chi connectivity index (χ3v) is 4.77. The number of aryl methyl sites for hydroxylation is 1. The number of hydrogen-bond acceptors (Lipinski definition) is 2. The molecular weight excluding hydrogens is 320 g/mol. The number of carbonyl (C=O) groups excluding carboxylic acids is 1. The fraction of sp³-hybridized carbons (Fsp3) is 0.0625. The number of carbonyl (C=O) groups is 1. The van der Waals surface area contributed by atoms with E-state index in [0.29, 0.717) is 0 Å². The number of hydrogen-bond donors (Lipinski definition) is 0. The van der Waals surface area contributed by atoms with Gasteiger partial charge in [-0.25, -0.2) is 0 Å². The maximum Gasteiger partial charge on any atom is 0.203 e. The van der Waals surface area contributed by atoms with Crippen LogP contribution in [0.25, 0.3) is 10.8 Å². The zero-order valence-electron chi connectivity index (χ0n) is 10.3. The molecule has 1 aromatic heterocycles. The van der Waals surface area contributed by atoms with Gasteiger partial charge in [-0.3, -0.25) is 4.79 Å². The van der Waals surface area contributed by atoms with Crippen LogP contribution in [-0.4, -0.2) is 5.78 Å². The van der Waals surface area contributed by atoms with Gasteiger partial charge in [0.05, 0.1) is 4.88 Å². The summed E-state index contributed by atoms with van der Waals surface area (Å²) in [6, 6.07) is 15.7. The summed E-state index contributed by atoms with van der Waals surface area (Å²) in [5.41, 5.74) is 0.764. The van der Waals surface area contributed by atoms with Crippen LogP contribution in [0.4, 0.5) is 0 Å². The predicted octanol–water partition coefficient (Wildman–Crippen LogP) is 5.20. The molecule has 3 rings (SSSR count). The summed E-state index contributed by atoms with van der Waals surface area (Å²) in [4.78, 5) is 14.5. The number of benzene rings is 2. The normalized spacial score (nSPS) is 10.8. The van der Waals surface area contributed by atoms with Crippen molar-refractivity contribution >= 4 is 43.8 Å². The topological polar surface area (TPSA) is 17.1 Å². The minimum atomic E-state index is 0.0989. The molecule has 3 heteroatoms. The van der Waals surface area contributed by atoms with Crippen LogP contribution < -0.4 is 0 Å². The zero-order valence-corrected chi connectivity index (χ0v) is 12.7. The summed E-state index contributed by atoms with van der Waals surface area (Å²) in [5, 5.41) is 2.06. The smallest absolute Gasteiger partial charge is 0.203 e. The Bertz CT molecular complexity index is 773. The van der Waals surface area contributed by atoms with Crippen LogP contribution in [0.2, 0.25) is 0 Å². The second-order valence-electron chi connectivity index (χ2n) is 4.38. The number of fused-ring (bicyclic) bond motifs is 1. The largest absolute Gasteiger partial charge is 0.288 e. The van der Waals surface area contributed by atoms with Gasteiger partial charge in [0.2, 0.25) is 5.78 Å². The molecule has 0 fully saturated rings. The summed E-state index contributed by atoms with van der Waals surface area (Å²) in [5.74, 6) is 0.0989. The molecule has 0 amide bonds. The Morgan fingerprint density at radius 3 is 2.42 bits per heavy atom. The van der Waals surface area contributed by atoms with Gasteiger partial charge in [-0.15, -0.1) is 11.3 Å². The lowest BCUT2D eigenvalue weighted by Gasteiger charge is -2.06. The van der Waals surface area contributed by atoms with Crippen molar-refractivity contribution in [2.45, 2.75) is 6.92 Å². The molecule has 1 nitrogen and oxygen atoms in total. The Balaban J connectivity index is 2.21. The first-order valence-electron chi connectivity index (χ1n) is 5.95. The Labute approximate surface area is 124 Å². The van der Waals surface area contributed by atoms with E-state index in [1.165, 1.54) is 0 Å². The van der Waals surface area contributed by atoms with E-state index in [2.05, 4.69) is 15.9 Å². The maximum absolute atomic E-state index is 12.6. The van der Waals surface area contributed by atoms with Crippen LogP contribution in [0.15, 0.2) is 53.0 Å². The molecule has 2 aromatic carbocycles. The molecule has 19 heavy (non-hydrogen) atoms. The Kier molecular flexibility index (Phi) is 3.25. The van der Waals surface area contributed by atoms with Crippen LogP contribution >= 0.6 is 27.3 Å². The van der Waals surface area contributed by atoms with Gasteiger partial charge in [-0.2, -0.15) is 0 Å². The monoisotopic (exact) mass is 330 g/mol. The first-order valence-corrected chi connectivity index (χ1v) is 7.56. The molecule has 0 atom stereocenters. The van der Waals surface area contributed by atoms with Gasteiger partial charge in [0, 0.05) is 14.9 Å². The van der Waals surface area contributed by atoms with Crippen molar-refractivity contribution in [3.63, 3.8) is 0 Å². The standard InChI is InChI=1S/C16H11BrOS/c1-10-6-9-15(19-10)16(18)13-7-8-14(17)12-5-3-2-4-11(12)13/h2-9H,1H3. The summed E-state index contributed by atoms with van der Waals surface area (Å²) >= 11 is 5.07. The quantitative estimate of drug-likeness (QED) is 0.590. The van der Waals surface area contributed by atoms with Crippen molar-refractivity contribution in [3.05, 3.63) is 68.3 Å². The lowest BCUT2D eigenvalue weighted by Crippen LogP contribution is -1.99. The fourth-order valence-corrected chi connectivity index (χ4v) is 3.45. The highest BCUT2D eigenvalue weighted by Gasteiger charge is 2.14. The van der Waals surface area contributed by atoms with Crippen molar-refractivity contribution in [2.24, 2.45) is 0 Å². The molecular formula is C16H11BrOS.